The predicted molar refractivity (Wildman–Crippen MR) is 136 cm³/mol. The molecule has 0 unspecified atom stereocenters. The van der Waals surface area contributed by atoms with E-state index in [2.05, 4.69) is 15.3 Å². The van der Waals surface area contributed by atoms with Crippen LogP contribution in [-0.2, 0) is 6.61 Å². The van der Waals surface area contributed by atoms with Crippen molar-refractivity contribution in [2.75, 3.05) is 13.7 Å². The number of aromatic amines is 1. The van der Waals surface area contributed by atoms with Crippen molar-refractivity contribution < 1.29 is 14.2 Å². The van der Waals surface area contributed by atoms with E-state index < -0.39 is 0 Å². The number of nitrogens with zero attached hydrogens (tertiary/aromatic N) is 3. The van der Waals surface area contributed by atoms with Crippen LogP contribution in [0.15, 0.2) is 71.8 Å². The van der Waals surface area contributed by atoms with E-state index in [0.717, 1.165) is 22.4 Å². The number of H-pyrrole nitrogens is 1. The zero-order valence-electron chi connectivity index (χ0n) is 18.7. The molecule has 0 saturated heterocycles. The van der Waals surface area contributed by atoms with E-state index >= 15 is 0 Å². The third-order valence-corrected chi connectivity index (χ3v) is 5.56. The van der Waals surface area contributed by atoms with Crippen molar-refractivity contribution in [3.63, 3.8) is 0 Å². The fourth-order valence-electron chi connectivity index (χ4n) is 3.23. The number of hydrogen-bond acceptors (Lipinski definition) is 6. The summed E-state index contributed by atoms with van der Waals surface area (Å²) in [5.74, 6) is 2.57. The van der Waals surface area contributed by atoms with Crippen LogP contribution < -0.4 is 14.2 Å². The quantitative estimate of drug-likeness (QED) is 0.224. The van der Waals surface area contributed by atoms with Gasteiger partial charge in [0.05, 0.1) is 19.9 Å². The number of halogens is 1. The second kappa shape index (κ2) is 11.0. The number of aromatic nitrogens is 3. The number of hydrogen-bond donors (Lipinski definition) is 1. The summed E-state index contributed by atoms with van der Waals surface area (Å²) in [6, 6.07) is 20.7. The van der Waals surface area contributed by atoms with Crippen molar-refractivity contribution in [1.82, 2.24) is 14.9 Å². The van der Waals surface area contributed by atoms with Gasteiger partial charge in [-0.05, 0) is 73.2 Å². The number of rotatable bonds is 9. The molecule has 0 amide bonds. The highest BCUT2D eigenvalue weighted by Crippen LogP contribution is 2.29. The van der Waals surface area contributed by atoms with Gasteiger partial charge in [0.2, 0.25) is 4.77 Å². The Morgan fingerprint density at radius 1 is 1.06 bits per heavy atom. The zero-order chi connectivity index (χ0) is 23.9. The first kappa shape index (κ1) is 23.5. The van der Waals surface area contributed by atoms with Gasteiger partial charge < -0.3 is 14.2 Å². The highest BCUT2D eigenvalue weighted by Gasteiger charge is 2.10. The molecule has 0 aliphatic rings. The Bertz CT molecular complexity index is 1350. The minimum Gasteiger partial charge on any atom is -0.494 e. The van der Waals surface area contributed by atoms with Gasteiger partial charge in [0.25, 0.3) is 0 Å². The van der Waals surface area contributed by atoms with Crippen LogP contribution in [-0.4, -0.2) is 34.8 Å². The lowest BCUT2D eigenvalue weighted by Crippen LogP contribution is -1.99. The maximum atomic E-state index is 6.22. The molecule has 0 aliphatic carbocycles. The van der Waals surface area contributed by atoms with Gasteiger partial charge in [-0.1, -0.05) is 29.8 Å². The van der Waals surface area contributed by atoms with Crippen LogP contribution in [0.1, 0.15) is 18.1 Å². The Morgan fingerprint density at radius 3 is 2.59 bits per heavy atom. The summed E-state index contributed by atoms with van der Waals surface area (Å²) in [5.41, 5.74) is 2.56. The first-order chi connectivity index (χ1) is 16.6. The summed E-state index contributed by atoms with van der Waals surface area (Å²) in [6.45, 7) is 2.88. The van der Waals surface area contributed by atoms with E-state index in [1.807, 2.05) is 73.7 Å². The summed E-state index contributed by atoms with van der Waals surface area (Å²) in [5, 5.41) is 12.3. The first-order valence-corrected chi connectivity index (χ1v) is 11.4. The van der Waals surface area contributed by atoms with Gasteiger partial charge >= 0.3 is 0 Å². The molecule has 0 fully saturated rings. The van der Waals surface area contributed by atoms with Crippen molar-refractivity contribution in [2.24, 2.45) is 5.10 Å². The molecule has 7 nitrogen and oxygen atoms in total. The molecule has 1 heterocycles. The van der Waals surface area contributed by atoms with Crippen LogP contribution in [0.3, 0.4) is 0 Å². The molecule has 3 aromatic carbocycles. The number of nitrogens with one attached hydrogen (secondary N) is 1. The van der Waals surface area contributed by atoms with Crippen LogP contribution in [0.25, 0.3) is 11.4 Å². The Labute approximate surface area is 207 Å². The van der Waals surface area contributed by atoms with Gasteiger partial charge in [-0.25, -0.2) is 5.10 Å². The van der Waals surface area contributed by atoms with Gasteiger partial charge in [-0.15, -0.1) is 0 Å². The Balaban J connectivity index is 1.53. The topological polar surface area (TPSA) is 73.7 Å². The van der Waals surface area contributed by atoms with E-state index in [4.69, 9.17) is 38.0 Å². The van der Waals surface area contributed by atoms with E-state index in [1.165, 1.54) is 0 Å². The molecule has 0 spiro atoms. The monoisotopic (exact) mass is 494 g/mol. The molecule has 0 aliphatic heterocycles. The number of ether oxygens (including phenoxy) is 3. The fraction of sp³-hybridized carbons (Fsp3) is 0.160. The minimum absolute atomic E-state index is 0.332. The molecule has 0 atom stereocenters. The summed E-state index contributed by atoms with van der Waals surface area (Å²) in [7, 11) is 1.59. The summed E-state index contributed by atoms with van der Waals surface area (Å²) in [4.78, 5) is 0. The van der Waals surface area contributed by atoms with E-state index in [0.29, 0.717) is 40.3 Å². The second-order valence-corrected chi connectivity index (χ2v) is 7.95. The molecule has 1 aromatic heterocycles. The zero-order valence-corrected chi connectivity index (χ0v) is 20.3. The molecule has 0 saturated carbocycles. The van der Waals surface area contributed by atoms with Crippen molar-refractivity contribution in [3.8, 4) is 28.6 Å². The van der Waals surface area contributed by atoms with E-state index in [1.54, 1.807) is 18.0 Å². The molecule has 174 valence electrons. The maximum Gasteiger partial charge on any atom is 0.216 e. The molecule has 4 aromatic rings. The fourth-order valence-corrected chi connectivity index (χ4v) is 3.60. The average Bonchev–Trinajstić information content (AvgIpc) is 3.23. The second-order valence-electron chi connectivity index (χ2n) is 7.16. The van der Waals surface area contributed by atoms with Gasteiger partial charge in [0, 0.05) is 16.1 Å². The van der Waals surface area contributed by atoms with E-state index in [-0.39, 0.29) is 0 Å². The predicted octanol–water partition coefficient (Wildman–Crippen LogP) is 6.13. The van der Waals surface area contributed by atoms with Gasteiger partial charge in [-0.3, -0.25) is 0 Å². The largest absolute Gasteiger partial charge is 0.494 e. The number of benzene rings is 3. The molecule has 0 radical (unpaired) electrons. The average molecular weight is 495 g/mol. The van der Waals surface area contributed by atoms with Crippen LogP contribution in [0.4, 0.5) is 0 Å². The van der Waals surface area contributed by atoms with Crippen LogP contribution in [0, 0.1) is 4.77 Å². The third-order valence-electron chi connectivity index (χ3n) is 4.92. The molecule has 0 bridgehead atoms. The lowest BCUT2D eigenvalue weighted by Gasteiger charge is -2.12. The van der Waals surface area contributed by atoms with Crippen LogP contribution >= 0.6 is 23.8 Å². The molecule has 1 N–H and O–H groups in total. The molecule has 9 heteroatoms. The molecular weight excluding hydrogens is 472 g/mol. The lowest BCUT2D eigenvalue weighted by atomic mass is 10.2. The molecule has 34 heavy (non-hydrogen) atoms. The third kappa shape index (κ3) is 5.47. The van der Waals surface area contributed by atoms with Crippen LogP contribution in [0.2, 0.25) is 5.02 Å². The van der Waals surface area contributed by atoms with E-state index in [9.17, 15) is 0 Å². The summed E-state index contributed by atoms with van der Waals surface area (Å²) >= 11 is 11.6. The highest BCUT2D eigenvalue weighted by molar-refractivity contribution is 7.71. The molecule has 4 rings (SSSR count). The van der Waals surface area contributed by atoms with Gasteiger partial charge in [0.15, 0.2) is 17.3 Å². The van der Waals surface area contributed by atoms with Crippen molar-refractivity contribution in [3.05, 3.63) is 87.7 Å². The minimum atomic E-state index is 0.332. The Kier molecular flexibility index (Phi) is 7.61. The number of methoxy groups -OCH3 is 1. The highest BCUT2D eigenvalue weighted by atomic mass is 35.5. The normalized spacial score (nSPS) is 11.0. The van der Waals surface area contributed by atoms with Crippen molar-refractivity contribution in [1.29, 1.82) is 0 Å². The standard InChI is InChI=1S/C25H23ClN4O3S/c1-3-32-20-11-9-18(10-12-20)24-28-29-25(34)30(24)27-15-17-8-13-22(23(14-17)31-2)33-16-19-6-4-5-7-21(19)26/h4-15H,3,16H2,1-2H3,(H,29,34)/b27-15-. The van der Waals surface area contributed by atoms with Gasteiger partial charge in [0.1, 0.15) is 12.4 Å². The first-order valence-electron chi connectivity index (χ1n) is 10.6. The van der Waals surface area contributed by atoms with Crippen molar-refractivity contribution >= 4 is 30.0 Å². The summed E-state index contributed by atoms with van der Waals surface area (Å²) in [6.07, 6.45) is 1.68. The lowest BCUT2D eigenvalue weighted by molar-refractivity contribution is 0.284. The molecular formula is C25H23ClN4O3S. The van der Waals surface area contributed by atoms with Crippen LogP contribution in [0.5, 0.6) is 17.2 Å². The summed E-state index contributed by atoms with van der Waals surface area (Å²) < 4.78 is 18.9. The SMILES string of the molecule is CCOc1ccc(-c2n[nH]c(=S)n2/N=C\c2ccc(OCc3ccccc3Cl)c(OC)c2)cc1. The Hall–Kier alpha value is -3.62. The Morgan fingerprint density at radius 2 is 1.85 bits per heavy atom. The maximum absolute atomic E-state index is 6.22. The van der Waals surface area contributed by atoms with Crippen molar-refractivity contribution in [2.45, 2.75) is 13.5 Å². The smallest absolute Gasteiger partial charge is 0.216 e. The van der Waals surface area contributed by atoms with Gasteiger partial charge in [-0.2, -0.15) is 14.9 Å².